The molecule has 3 nitrogen and oxygen atoms in total. The van der Waals surface area contributed by atoms with Gasteiger partial charge in [-0.05, 0) is 38.5 Å². The second-order valence-corrected chi connectivity index (χ2v) is 4.68. The quantitative estimate of drug-likeness (QED) is 0.811. The lowest BCUT2D eigenvalue weighted by Crippen LogP contribution is -2.31. The zero-order chi connectivity index (χ0) is 13.2. The standard InChI is InChI=1S/C12H15F2NO2/c1-12(2,3)17-11(16)10(15)7-4-5-8(13)9(14)6-7/h4-6,10H,15H2,1-3H3. The van der Waals surface area contributed by atoms with Crippen molar-refractivity contribution < 1.29 is 18.3 Å². The molecule has 0 aromatic heterocycles. The first-order chi connectivity index (χ1) is 7.70. The first kappa shape index (κ1) is 13.6. The van der Waals surface area contributed by atoms with Crippen molar-refractivity contribution in [1.82, 2.24) is 0 Å². The van der Waals surface area contributed by atoms with E-state index in [4.69, 9.17) is 10.5 Å². The van der Waals surface area contributed by atoms with Crippen molar-refractivity contribution in [2.45, 2.75) is 32.4 Å². The molecular formula is C12H15F2NO2. The average molecular weight is 243 g/mol. The predicted octanol–water partition coefficient (Wildman–Crippen LogP) is 2.31. The number of rotatable bonds is 2. The third-order valence-corrected chi connectivity index (χ3v) is 1.96. The molecule has 1 rings (SSSR count). The lowest BCUT2D eigenvalue weighted by molar-refractivity contribution is -0.156. The Labute approximate surface area is 98.6 Å². The third-order valence-electron chi connectivity index (χ3n) is 1.96. The zero-order valence-corrected chi connectivity index (χ0v) is 9.96. The van der Waals surface area contributed by atoms with Gasteiger partial charge in [0.05, 0.1) is 0 Å². The van der Waals surface area contributed by atoms with E-state index < -0.39 is 29.2 Å². The molecule has 0 bridgehead atoms. The summed E-state index contributed by atoms with van der Waals surface area (Å²) in [4.78, 5) is 11.6. The van der Waals surface area contributed by atoms with Crippen molar-refractivity contribution in [3.63, 3.8) is 0 Å². The summed E-state index contributed by atoms with van der Waals surface area (Å²) in [6.45, 7) is 5.09. The van der Waals surface area contributed by atoms with Gasteiger partial charge in [-0.1, -0.05) is 6.07 Å². The lowest BCUT2D eigenvalue weighted by atomic mass is 10.1. The molecule has 94 valence electrons. The molecular weight excluding hydrogens is 228 g/mol. The summed E-state index contributed by atoms with van der Waals surface area (Å²) >= 11 is 0. The molecule has 0 saturated heterocycles. The summed E-state index contributed by atoms with van der Waals surface area (Å²) in [6, 6.07) is 1.95. The molecule has 1 atom stereocenters. The van der Waals surface area contributed by atoms with E-state index in [9.17, 15) is 13.6 Å². The van der Waals surface area contributed by atoms with Gasteiger partial charge in [0, 0.05) is 0 Å². The van der Waals surface area contributed by atoms with Crippen molar-refractivity contribution in [3.8, 4) is 0 Å². The van der Waals surface area contributed by atoms with Crippen LogP contribution in [0.15, 0.2) is 18.2 Å². The fourth-order valence-electron chi connectivity index (χ4n) is 1.21. The highest BCUT2D eigenvalue weighted by Crippen LogP contribution is 2.18. The van der Waals surface area contributed by atoms with Crippen LogP contribution < -0.4 is 5.73 Å². The van der Waals surface area contributed by atoms with Gasteiger partial charge in [0.2, 0.25) is 0 Å². The molecule has 0 aliphatic carbocycles. The van der Waals surface area contributed by atoms with Gasteiger partial charge in [-0.25, -0.2) is 13.6 Å². The maximum atomic E-state index is 13.0. The van der Waals surface area contributed by atoms with Crippen LogP contribution in [0.5, 0.6) is 0 Å². The molecule has 0 fully saturated rings. The van der Waals surface area contributed by atoms with E-state index >= 15 is 0 Å². The fourth-order valence-corrected chi connectivity index (χ4v) is 1.21. The smallest absolute Gasteiger partial charge is 0.328 e. The Morgan fingerprint density at radius 1 is 1.29 bits per heavy atom. The van der Waals surface area contributed by atoms with E-state index in [1.807, 2.05) is 0 Å². The average Bonchev–Trinajstić information content (AvgIpc) is 2.18. The van der Waals surface area contributed by atoms with Crippen LogP contribution in [0.25, 0.3) is 0 Å². The number of hydrogen-bond acceptors (Lipinski definition) is 3. The Balaban J connectivity index is 2.85. The van der Waals surface area contributed by atoms with Crippen LogP contribution in [0.1, 0.15) is 32.4 Å². The van der Waals surface area contributed by atoms with Gasteiger partial charge < -0.3 is 10.5 Å². The largest absolute Gasteiger partial charge is 0.459 e. The van der Waals surface area contributed by atoms with Gasteiger partial charge in [0.25, 0.3) is 0 Å². The summed E-state index contributed by atoms with van der Waals surface area (Å²) < 4.78 is 30.7. The summed E-state index contributed by atoms with van der Waals surface area (Å²) in [6.07, 6.45) is 0. The molecule has 0 spiro atoms. The van der Waals surface area contributed by atoms with Crippen molar-refractivity contribution in [2.75, 3.05) is 0 Å². The summed E-state index contributed by atoms with van der Waals surface area (Å²) in [5, 5.41) is 0. The fraction of sp³-hybridized carbons (Fsp3) is 0.417. The van der Waals surface area contributed by atoms with Gasteiger partial charge in [-0.15, -0.1) is 0 Å². The summed E-state index contributed by atoms with van der Waals surface area (Å²) in [5.41, 5.74) is 5.11. The molecule has 1 aromatic rings. The monoisotopic (exact) mass is 243 g/mol. The molecule has 0 radical (unpaired) electrons. The molecule has 0 saturated carbocycles. The van der Waals surface area contributed by atoms with Crippen LogP contribution in [-0.2, 0) is 9.53 Å². The summed E-state index contributed by atoms with van der Waals surface area (Å²) in [7, 11) is 0. The minimum atomic E-state index is -1.12. The highest BCUT2D eigenvalue weighted by Gasteiger charge is 2.24. The maximum Gasteiger partial charge on any atom is 0.328 e. The molecule has 5 heteroatoms. The Hall–Kier alpha value is -1.49. The third kappa shape index (κ3) is 3.78. The first-order valence-corrected chi connectivity index (χ1v) is 5.14. The lowest BCUT2D eigenvalue weighted by Gasteiger charge is -2.22. The number of hydrogen-bond donors (Lipinski definition) is 1. The molecule has 2 N–H and O–H groups in total. The topological polar surface area (TPSA) is 52.3 Å². The number of ether oxygens (including phenoxy) is 1. The molecule has 0 heterocycles. The number of carbonyl (C=O) groups excluding carboxylic acids is 1. The van der Waals surface area contributed by atoms with Crippen LogP contribution in [0.3, 0.4) is 0 Å². The van der Waals surface area contributed by atoms with Crippen LogP contribution in [-0.4, -0.2) is 11.6 Å². The number of esters is 1. The molecule has 0 aliphatic heterocycles. The molecule has 0 amide bonds. The van der Waals surface area contributed by atoms with Gasteiger partial charge in [-0.2, -0.15) is 0 Å². The minimum Gasteiger partial charge on any atom is -0.459 e. The Kier molecular flexibility index (Phi) is 3.83. The van der Waals surface area contributed by atoms with Crippen LogP contribution in [0, 0.1) is 11.6 Å². The van der Waals surface area contributed by atoms with E-state index in [0.717, 1.165) is 12.1 Å². The maximum absolute atomic E-state index is 13.0. The van der Waals surface area contributed by atoms with Crippen molar-refractivity contribution >= 4 is 5.97 Å². The Morgan fingerprint density at radius 3 is 2.35 bits per heavy atom. The number of halogens is 2. The predicted molar refractivity (Wildman–Crippen MR) is 59.1 cm³/mol. The number of carbonyl (C=O) groups is 1. The molecule has 1 unspecified atom stereocenters. The Morgan fingerprint density at radius 2 is 1.88 bits per heavy atom. The normalized spacial score (nSPS) is 13.3. The van der Waals surface area contributed by atoms with Crippen LogP contribution in [0.4, 0.5) is 8.78 Å². The van der Waals surface area contributed by atoms with E-state index in [-0.39, 0.29) is 5.56 Å². The molecule has 0 aliphatic rings. The SMILES string of the molecule is CC(C)(C)OC(=O)C(N)c1ccc(F)c(F)c1. The van der Waals surface area contributed by atoms with Crippen molar-refractivity contribution in [3.05, 3.63) is 35.4 Å². The number of benzene rings is 1. The van der Waals surface area contributed by atoms with Gasteiger partial charge in [0.15, 0.2) is 11.6 Å². The number of nitrogens with two attached hydrogens (primary N) is 1. The first-order valence-electron chi connectivity index (χ1n) is 5.14. The van der Waals surface area contributed by atoms with Crippen LogP contribution in [0.2, 0.25) is 0 Å². The van der Waals surface area contributed by atoms with E-state index in [0.29, 0.717) is 0 Å². The molecule has 1 aromatic carbocycles. The minimum absolute atomic E-state index is 0.179. The highest BCUT2D eigenvalue weighted by atomic mass is 19.2. The van der Waals surface area contributed by atoms with Crippen molar-refractivity contribution in [1.29, 1.82) is 0 Å². The second-order valence-electron chi connectivity index (χ2n) is 4.68. The van der Waals surface area contributed by atoms with Gasteiger partial charge in [0.1, 0.15) is 11.6 Å². The van der Waals surface area contributed by atoms with E-state index in [1.54, 1.807) is 20.8 Å². The van der Waals surface area contributed by atoms with Crippen molar-refractivity contribution in [2.24, 2.45) is 5.73 Å². The highest BCUT2D eigenvalue weighted by molar-refractivity contribution is 5.77. The van der Waals surface area contributed by atoms with E-state index in [2.05, 4.69) is 0 Å². The zero-order valence-electron chi connectivity index (χ0n) is 9.96. The van der Waals surface area contributed by atoms with E-state index in [1.165, 1.54) is 6.07 Å². The Bertz CT molecular complexity index is 427. The van der Waals surface area contributed by atoms with Gasteiger partial charge >= 0.3 is 5.97 Å². The summed E-state index contributed by atoms with van der Waals surface area (Å²) in [5.74, 6) is -2.70. The van der Waals surface area contributed by atoms with Gasteiger partial charge in [-0.3, -0.25) is 0 Å². The second kappa shape index (κ2) is 4.79. The molecule has 17 heavy (non-hydrogen) atoms. The van der Waals surface area contributed by atoms with Crippen LogP contribution >= 0.6 is 0 Å².